The summed E-state index contributed by atoms with van der Waals surface area (Å²) in [7, 11) is 1.67. The highest BCUT2D eigenvalue weighted by molar-refractivity contribution is 5.99. The summed E-state index contributed by atoms with van der Waals surface area (Å²) in [6.07, 6.45) is -0.434. The van der Waals surface area contributed by atoms with E-state index in [1.807, 2.05) is 60.6 Å². The highest BCUT2D eigenvalue weighted by Gasteiger charge is 2.30. The molecule has 10 nitrogen and oxygen atoms in total. The highest BCUT2D eigenvalue weighted by Crippen LogP contribution is 2.18. The van der Waals surface area contributed by atoms with Gasteiger partial charge in [0.15, 0.2) is 0 Å². The summed E-state index contributed by atoms with van der Waals surface area (Å²) in [6, 6.07) is 8.79. The van der Waals surface area contributed by atoms with Crippen LogP contribution in [0.25, 0.3) is 0 Å². The number of hydrogen-bond donors (Lipinski definition) is 4. The lowest BCUT2D eigenvalue weighted by Gasteiger charge is -2.29. The van der Waals surface area contributed by atoms with Crippen LogP contribution in [-0.4, -0.2) is 65.4 Å². The number of aryl methyl sites for hydroxylation is 1. The standard InChI is InChI=1S/C34H52N4O6/c1-20(2)15-28(29(39)16-23(7)31(40)37-30(22(5)6)33(42)35-18-21(3)4)36-32(41)25-11-10-12-26(17-25)34(43)38(9)19-27-14-13-24(8)44-27/h10-14,17,20-23,28-30,39H,15-16,18-19H2,1-9H3,(H,35,42)(H,36,41)(H,37,40). The monoisotopic (exact) mass is 612 g/mol. The number of nitrogens with zero attached hydrogens (tertiary/aromatic N) is 1. The molecule has 0 spiro atoms. The Hall–Kier alpha value is -3.66. The predicted octanol–water partition coefficient (Wildman–Crippen LogP) is 4.30. The first-order valence-corrected chi connectivity index (χ1v) is 15.6. The molecule has 0 aliphatic rings. The number of nitrogens with one attached hydrogen (secondary N) is 3. The van der Waals surface area contributed by atoms with Crippen LogP contribution in [-0.2, 0) is 16.1 Å². The first-order chi connectivity index (χ1) is 20.6. The van der Waals surface area contributed by atoms with E-state index in [2.05, 4.69) is 16.0 Å². The van der Waals surface area contributed by atoms with Crippen molar-refractivity contribution in [2.24, 2.45) is 23.7 Å². The molecular formula is C34H52N4O6. The van der Waals surface area contributed by atoms with E-state index in [1.165, 1.54) is 11.0 Å². The maximum atomic E-state index is 13.3. The number of carbonyl (C=O) groups is 4. The molecule has 0 radical (unpaired) electrons. The molecule has 2 rings (SSSR count). The summed E-state index contributed by atoms with van der Waals surface area (Å²) in [5, 5.41) is 19.8. The van der Waals surface area contributed by atoms with Crippen LogP contribution in [0.3, 0.4) is 0 Å². The van der Waals surface area contributed by atoms with Gasteiger partial charge in [0.1, 0.15) is 17.6 Å². The molecule has 0 saturated heterocycles. The molecule has 244 valence electrons. The minimum atomic E-state index is -1.01. The molecule has 1 aromatic heterocycles. The Morgan fingerprint density at radius 3 is 2.09 bits per heavy atom. The second-order valence-corrected chi connectivity index (χ2v) is 13.0. The van der Waals surface area contributed by atoms with Gasteiger partial charge in [-0.2, -0.15) is 0 Å². The van der Waals surface area contributed by atoms with Crippen LogP contribution >= 0.6 is 0 Å². The van der Waals surface area contributed by atoms with E-state index >= 15 is 0 Å². The van der Waals surface area contributed by atoms with Crippen molar-refractivity contribution in [3.8, 4) is 0 Å². The Balaban J connectivity index is 2.08. The Morgan fingerprint density at radius 1 is 0.864 bits per heavy atom. The van der Waals surface area contributed by atoms with Gasteiger partial charge < -0.3 is 30.4 Å². The summed E-state index contributed by atoms with van der Waals surface area (Å²) in [6.45, 7) is 16.1. The number of hydrogen-bond acceptors (Lipinski definition) is 6. The normalized spacial score (nSPS) is 14.2. The van der Waals surface area contributed by atoms with Gasteiger partial charge in [-0.05, 0) is 67.9 Å². The fourth-order valence-electron chi connectivity index (χ4n) is 4.84. The Labute approximate surface area is 262 Å². The molecule has 0 fully saturated rings. The number of amides is 4. The number of aliphatic hydroxyl groups excluding tert-OH is 1. The van der Waals surface area contributed by atoms with E-state index < -0.39 is 30.0 Å². The van der Waals surface area contributed by atoms with Gasteiger partial charge in [0.25, 0.3) is 11.8 Å². The van der Waals surface area contributed by atoms with Crippen LogP contribution in [0.2, 0.25) is 0 Å². The molecule has 4 unspecified atom stereocenters. The van der Waals surface area contributed by atoms with Crippen molar-refractivity contribution in [3.05, 3.63) is 59.0 Å². The minimum Gasteiger partial charge on any atom is -0.464 e. The maximum Gasteiger partial charge on any atom is 0.254 e. The second-order valence-electron chi connectivity index (χ2n) is 13.0. The first kappa shape index (κ1) is 36.5. The van der Waals surface area contributed by atoms with Gasteiger partial charge in [0, 0.05) is 30.6 Å². The molecule has 0 bridgehead atoms. The third-order valence-corrected chi connectivity index (χ3v) is 7.39. The van der Waals surface area contributed by atoms with Crippen LogP contribution in [0.4, 0.5) is 0 Å². The topological polar surface area (TPSA) is 141 Å². The minimum absolute atomic E-state index is 0.0947. The number of furan rings is 1. The summed E-state index contributed by atoms with van der Waals surface area (Å²) >= 11 is 0. The molecule has 10 heteroatoms. The van der Waals surface area contributed by atoms with Gasteiger partial charge in [-0.3, -0.25) is 19.2 Å². The molecule has 0 aliphatic heterocycles. The largest absolute Gasteiger partial charge is 0.464 e. The summed E-state index contributed by atoms with van der Waals surface area (Å²) < 4.78 is 5.57. The zero-order valence-corrected chi connectivity index (χ0v) is 27.8. The van der Waals surface area contributed by atoms with Crippen LogP contribution in [0, 0.1) is 30.6 Å². The fraction of sp³-hybridized carbons (Fsp3) is 0.588. The zero-order chi connectivity index (χ0) is 33.1. The van der Waals surface area contributed by atoms with Crippen molar-refractivity contribution < 1.29 is 28.7 Å². The third kappa shape index (κ3) is 11.4. The van der Waals surface area contributed by atoms with Gasteiger partial charge in [-0.15, -0.1) is 0 Å². The van der Waals surface area contributed by atoms with Crippen molar-refractivity contribution in [2.75, 3.05) is 13.6 Å². The van der Waals surface area contributed by atoms with Gasteiger partial charge in [0.05, 0.1) is 18.7 Å². The molecule has 4 atom stereocenters. The van der Waals surface area contributed by atoms with Gasteiger partial charge in [-0.1, -0.05) is 54.5 Å². The SMILES string of the molecule is Cc1ccc(CN(C)C(=O)c2cccc(C(=O)NC(CC(C)C)C(O)CC(C)C(=O)NC(C(=O)NCC(C)C)C(C)C)c2)o1. The first-order valence-electron chi connectivity index (χ1n) is 15.6. The smallest absolute Gasteiger partial charge is 0.254 e. The summed E-state index contributed by atoms with van der Waals surface area (Å²) in [4.78, 5) is 53.7. The molecule has 44 heavy (non-hydrogen) atoms. The van der Waals surface area contributed by atoms with Crippen molar-refractivity contribution in [1.29, 1.82) is 0 Å². The quantitative estimate of drug-likeness (QED) is 0.223. The zero-order valence-electron chi connectivity index (χ0n) is 27.8. The lowest BCUT2D eigenvalue weighted by Crippen LogP contribution is -2.52. The van der Waals surface area contributed by atoms with Crippen LogP contribution in [0.5, 0.6) is 0 Å². The van der Waals surface area contributed by atoms with Crippen LogP contribution < -0.4 is 16.0 Å². The molecular weight excluding hydrogens is 560 g/mol. The molecule has 0 saturated carbocycles. The van der Waals surface area contributed by atoms with E-state index in [1.54, 1.807) is 32.2 Å². The maximum absolute atomic E-state index is 13.3. The number of rotatable bonds is 16. The van der Waals surface area contributed by atoms with E-state index in [-0.39, 0.29) is 54.0 Å². The van der Waals surface area contributed by atoms with Crippen molar-refractivity contribution in [2.45, 2.75) is 93.0 Å². The number of aliphatic hydroxyl groups is 1. The fourth-order valence-corrected chi connectivity index (χ4v) is 4.84. The second kappa shape index (κ2) is 17.0. The summed E-state index contributed by atoms with van der Waals surface area (Å²) in [5.41, 5.74) is 0.642. The lowest BCUT2D eigenvalue weighted by atomic mass is 9.91. The average molecular weight is 613 g/mol. The number of benzene rings is 1. The molecule has 0 aliphatic carbocycles. The molecule has 4 amide bonds. The molecule has 1 aromatic carbocycles. The van der Waals surface area contributed by atoms with Gasteiger partial charge in [0.2, 0.25) is 11.8 Å². The summed E-state index contributed by atoms with van der Waals surface area (Å²) in [5.74, 6) is -0.117. The predicted molar refractivity (Wildman–Crippen MR) is 171 cm³/mol. The van der Waals surface area contributed by atoms with E-state index in [0.717, 1.165) is 5.76 Å². The van der Waals surface area contributed by atoms with Gasteiger partial charge >= 0.3 is 0 Å². The van der Waals surface area contributed by atoms with Gasteiger partial charge in [-0.25, -0.2) is 0 Å². The van der Waals surface area contributed by atoms with Crippen molar-refractivity contribution in [1.82, 2.24) is 20.9 Å². The Bertz CT molecular complexity index is 1250. The van der Waals surface area contributed by atoms with E-state index in [4.69, 9.17) is 4.42 Å². The Morgan fingerprint density at radius 2 is 1.52 bits per heavy atom. The van der Waals surface area contributed by atoms with E-state index in [0.29, 0.717) is 24.3 Å². The van der Waals surface area contributed by atoms with Crippen molar-refractivity contribution in [3.63, 3.8) is 0 Å². The average Bonchev–Trinajstić information content (AvgIpc) is 3.37. The van der Waals surface area contributed by atoms with E-state index in [9.17, 15) is 24.3 Å². The lowest BCUT2D eigenvalue weighted by molar-refractivity contribution is -0.132. The van der Waals surface area contributed by atoms with Crippen LogP contribution in [0.1, 0.15) is 93.5 Å². The third-order valence-electron chi connectivity index (χ3n) is 7.39. The number of carbonyl (C=O) groups excluding carboxylic acids is 4. The molecule has 1 heterocycles. The Kier molecular flexibility index (Phi) is 14.1. The highest BCUT2D eigenvalue weighted by atomic mass is 16.3. The van der Waals surface area contributed by atoms with Crippen molar-refractivity contribution >= 4 is 23.6 Å². The van der Waals surface area contributed by atoms with Crippen LogP contribution in [0.15, 0.2) is 40.8 Å². The molecule has 2 aromatic rings. The molecule has 4 N–H and O–H groups in total.